The van der Waals surface area contributed by atoms with Crippen molar-refractivity contribution in [1.82, 2.24) is 5.32 Å². The number of carbonyl (C=O) groups is 1. The first-order chi connectivity index (χ1) is 45.6. The van der Waals surface area contributed by atoms with Gasteiger partial charge in [-0.05, 0) is 83.5 Å². The molecule has 0 saturated carbocycles. The fourth-order valence-corrected chi connectivity index (χ4v) is 12.3. The zero-order chi connectivity index (χ0) is 67.3. The lowest BCUT2D eigenvalue weighted by molar-refractivity contribution is -0.359. The van der Waals surface area contributed by atoms with Crippen molar-refractivity contribution >= 4 is 5.91 Å². The molecule has 14 nitrogen and oxygen atoms in total. The molecular formula is C79H141NO13. The van der Waals surface area contributed by atoms with E-state index < -0.39 is 86.8 Å². The van der Waals surface area contributed by atoms with Gasteiger partial charge in [0.15, 0.2) is 12.6 Å². The minimum atomic E-state index is -1.79. The number of ether oxygens (including phenoxy) is 4. The van der Waals surface area contributed by atoms with Crippen molar-refractivity contribution in [3.05, 3.63) is 85.1 Å². The summed E-state index contributed by atoms with van der Waals surface area (Å²) >= 11 is 0. The van der Waals surface area contributed by atoms with Gasteiger partial charge in [0.25, 0.3) is 0 Å². The van der Waals surface area contributed by atoms with E-state index in [4.69, 9.17) is 18.9 Å². The van der Waals surface area contributed by atoms with Crippen LogP contribution in [0.25, 0.3) is 0 Å². The number of rotatable bonds is 63. The van der Waals surface area contributed by atoms with Crippen LogP contribution in [0.1, 0.15) is 316 Å². The highest BCUT2D eigenvalue weighted by atomic mass is 16.7. The first kappa shape index (κ1) is 86.3. The van der Waals surface area contributed by atoms with Crippen molar-refractivity contribution in [2.75, 3.05) is 19.8 Å². The largest absolute Gasteiger partial charge is 0.394 e. The molecule has 2 aliphatic heterocycles. The SMILES string of the molecule is CC/C=C\C/C=C\C/C=C\C/C=C\CCCCCCCCCCCCCCCCCCCCCCCCCCCCCCC(=O)NC(COC1OC(CO)C(OC2OC(CO)C(O)C(O)C2O)C(O)C1O)C(O)/C=C/CC/C=C/CC/C=C/CCCCCCCCCC. The number of hydrogen-bond donors (Lipinski definition) is 9. The van der Waals surface area contributed by atoms with E-state index >= 15 is 0 Å². The number of allylic oxidation sites excluding steroid dienone is 13. The van der Waals surface area contributed by atoms with Gasteiger partial charge in [0.05, 0.1) is 32.0 Å². The van der Waals surface area contributed by atoms with Crippen LogP contribution >= 0.6 is 0 Å². The van der Waals surface area contributed by atoms with Crippen LogP contribution in [0.5, 0.6) is 0 Å². The van der Waals surface area contributed by atoms with Crippen LogP contribution in [0.15, 0.2) is 85.1 Å². The van der Waals surface area contributed by atoms with Gasteiger partial charge in [-0.25, -0.2) is 0 Å². The second-order valence-corrected chi connectivity index (χ2v) is 26.7. The van der Waals surface area contributed by atoms with Gasteiger partial charge >= 0.3 is 0 Å². The predicted octanol–water partition coefficient (Wildman–Crippen LogP) is 16.7. The van der Waals surface area contributed by atoms with Gasteiger partial charge in [0.1, 0.15) is 48.8 Å². The number of carbonyl (C=O) groups excluding carboxylic acids is 1. The molecule has 2 saturated heterocycles. The molecule has 14 heteroatoms. The molecule has 1 amide bonds. The summed E-state index contributed by atoms with van der Waals surface area (Å²) in [5, 5.41) is 87.4. The third kappa shape index (κ3) is 46.1. The van der Waals surface area contributed by atoms with Crippen LogP contribution in [0.4, 0.5) is 0 Å². The Morgan fingerprint density at radius 2 is 0.753 bits per heavy atom. The Morgan fingerprint density at radius 3 is 1.18 bits per heavy atom. The number of unbranched alkanes of at least 4 members (excludes halogenated alkanes) is 38. The minimum Gasteiger partial charge on any atom is -0.394 e. The van der Waals surface area contributed by atoms with Gasteiger partial charge < -0.3 is 65.1 Å². The fourth-order valence-electron chi connectivity index (χ4n) is 12.3. The summed E-state index contributed by atoms with van der Waals surface area (Å²) in [6, 6.07) is -0.940. The number of nitrogens with one attached hydrogen (secondary N) is 1. The van der Waals surface area contributed by atoms with Crippen LogP contribution in [0.3, 0.4) is 0 Å². The van der Waals surface area contributed by atoms with Gasteiger partial charge in [0.2, 0.25) is 5.91 Å². The maximum Gasteiger partial charge on any atom is 0.220 e. The molecule has 2 heterocycles. The van der Waals surface area contributed by atoms with Crippen LogP contribution in [0, 0.1) is 0 Å². The lowest BCUT2D eigenvalue weighted by atomic mass is 9.97. The molecule has 0 aromatic rings. The molecule has 0 aromatic carbocycles. The van der Waals surface area contributed by atoms with E-state index in [1.165, 1.54) is 212 Å². The Bertz CT molecular complexity index is 1890. The van der Waals surface area contributed by atoms with Crippen LogP contribution < -0.4 is 5.32 Å². The predicted molar refractivity (Wildman–Crippen MR) is 383 cm³/mol. The molecule has 0 radical (unpaired) electrons. The summed E-state index contributed by atoms with van der Waals surface area (Å²) in [6.45, 7) is 2.68. The van der Waals surface area contributed by atoms with E-state index in [2.05, 4.69) is 92.1 Å². The summed E-state index contributed by atoms with van der Waals surface area (Å²) in [7, 11) is 0. The average Bonchev–Trinajstić information content (AvgIpc) is 0.958. The molecule has 2 aliphatic rings. The molecule has 0 aliphatic carbocycles. The standard InChI is InChI=1S/C79H141NO13/c1-3-5-7-9-11-13-15-17-19-21-23-24-25-26-27-28-29-30-31-32-33-34-35-36-37-38-39-40-41-42-43-44-45-47-49-51-53-55-57-59-61-63-71(84)80-67(68(83)62-60-58-56-54-52-50-48-46-22-20-18-16-14-12-10-8-6-4-2)66-90-78-76(89)74(87)77(70(65-82)92-78)93-79-75(88)73(86)72(85)69(64-81)91-79/h5,7,11,13,17,19,22-24,46,52,54,60,62,67-70,72-79,81-83,85-89H,3-4,6,8-10,12,14-16,18,20-21,25-45,47-51,53,55-59,61,63-66H2,1-2H3,(H,80,84)/b7-5-,13-11-,19-17-,24-23-,46-22+,54-52+,62-60+. The van der Waals surface area contributed by atoms with Crippen molar-refractivity contribution in [3.63, 3.8) is 0 Å². The lowest BCUT2D eigenvalue weighted by Crippen LogP contribution is -2.65. The molecule has 2 fully saturated rings. The number of aliphatic hydroxyl groups is 8. The lowest BCUT2D eigenvalue weighted by Gasteiger charge is -2.46. The highest BCUT2D eigenvalue weighted by molar-refractivity contribution is 5.76. The molecule has 12 atom stereocenters. The Labute approximate surface area is 567 Å². The molecule has 2 rings (SSSR count). The Morgan fingerprint density at radius 1 is 0.398 bits per heavy atom. The normalized spacial score (nSPS) is 23.0. The highest BCUT2D eigenvalue weighted by Gasteiger charge is 2.51. The van der Waals surface area contributed by atoms with Crippen molar-refractivity contribution < 1.29 is 64.6 Å². The van der Waals surface area contributed by atoms with Crippen molar-refractivity contribution in [1.29, 1.82) is 0 Å². The first-order valence-electron chi connectivity index (χ1n) is 38.3. The summed E-state index contributed by atoms with van der Waals surface area (Å²) in [5.41, 5.74) is 0. The highest BCUT2D eigenvalue weighted by Crippen LogP contribution is 2.30. The maximum atomic E-state index is 13.3. The van der Waals surface area contributed by atoms with E-state index in [1.54, 1.807) is 6.08 Å². The van der Waals surface area contributed by atoms with Crippen LogP contribution in [0.2, 0.25) is 0 Å². The third-order valence-corrected chi connectivity index (χ3v) is 18.3. The van der Waals surface area contributed by atoms with E-state index in [0.29, 0.717) is 12.8 Å². The Kier molecular flexibility index (Phi) is 58.1. The van der Waals surface area contributed by atoms with Gasteiger partial charge in [0, 0.05) is 6.42 Å². The van der Waals surface area contributed by atoms with Gasteiger partial charge in [-0.3, -0.25) is 4.79 Å². The molecule has 93 heavy (non-hydrogen) atoms. The van der Waals surface area contributed by atoms with Gasteiger partial charge in [-0.1, -0.05) is 311 Å². The summed E-state index contributed by atoms with van der Waals surface area (Å²) in [6.07, 6.45) is 71.1. The first-order valence-corrected chi connectivity index (χ1v) is 38.3. The van der Waals surface area contributed by atoms with Gasteiger partial charge in [-0.2, -0.15) is 0 Å². The molecule has 0 spiro atoms. The van der Waals surface area contributed by atoms with Crippen LogP contribution in [-0.4, -0.2) is 140 Å². The zero-order valence-corrected chi connectivity index (χ0v) is 59.0. The maximum absolute atomic E-state index is 13.3. The van der Waals surface area contributed by atoms with Crippen molar-refractivity contribution in [2.24, 2.45) is 0 Å². The van der Waals surface area contributed by atoms with E-state index in [0.717, 1.165) is 70.6 Å². The minimum absolute atomic E-state index is 0.249. The second-order valence-electron chi connectivity index (χ2n) is 26.7. The monoisotopic (exact) mass is 1310 g/mol. The Hall–Kier alpha value is -2.83. The molecule has 12 unspecified atom stereocenters. The van der Waals surface area contributed by atoms with E-state index in [-0.39, 0.29) is 18.9 Å². The fraction of sp³-hybridized carbons (Fsp3) is 0.810. The molecule has 0 aromatic heterocycles. The van der Waals surface area contributed by atoms with Crippen molar-refractivity contribution in [2.45, 2.75) is 389 Å². The van der Waals surface area contributed by atoms with E-state index in [1.807, 2.05) is 6.08 Å². The number of aliphatic hydroxyl groups excluding tert-OH is 8. The summed E-state index contributed by atoms with van der Waals surface area (Å²) in [4.78, 5) is 13.3. The average molecular weight is 1310 g/mol. The molecule has 0 bridgehead atoms. The number of hydrogen-bond acceptors (Lipinski definition) is 13. The summed E-state index contributed by atoms with van der Waals surface area (Å²) in [5.74, 6) is -0.249. The van der Waals surface area contributed by atoms with Crippen LogP contribution in [-0.2, 0) is 23.7 Å². The number of amides is 1. The Balaban J connectivity index is 1.56. The third-order valence-electron chi connectivity index (χ3n) is 18.3. The van der Waals surface area contributed by atoms with Gasteiger partial charge in [-0.15, -0.1) is 0 Å². The quantitative estimate of drug-likeness (QED) is 0.0204. The molecule has 9 N–H and O–H groups in total. The molecule has 540 valence electrons. The smallest absolute Gasteiger partial charge is 0.220 e. The zero-order valence-electron chi connectivity index (χ0n) is 59.0. The summed E-state index contributed by atoms with van der Waals surface area (Å²) < 4.78 is 22.8. The van der Waals surface area contributed by atoms with Crippen molar-refractivity contribution in [3.8, 4) is 0 Å². The van der Waals surface area contributed by atoms with E-state index in [9.17, 15) is 45.6 Å². The topological polar surface area (TPSA) is 228 Å². The second kappa shape index (κ2) is 62.7. The molecular weight excluding hydrogens is 1170 g/mol.